The summed E-state index contributed by atoms with van der Waals surface area (Å²) in [6.07, 6.45) is 1.37. The smallest absolute Gasteiger partial charge is 0.334 e. The number of benzene rings is 1. The maximum Gasteiger partial charge on any atom is 0.334 e. The highest BCUT2D eigenvalue weighted by Gasteiger charge is 2.27. The Kier molecular flexibility index (Phi) is 4.24. The van der Waals surface area contributed by atoms with Gasteiger partial charge in [0, 0.05) is 12.8 Å². The van der Waals surface area contributed by atoms with Crippen molar-refractivity contribution in [2.24, 2.45) is 0 Å². The zero-order valence-corrected chi connectivity index (χ0v) is 11.0. The lowest BCUT2D eigenvalue weighted by molar-refractivity contribution is -0.386. The highest BCUT2D eigenvalue weighted by atomic mass is 16.6. The molecule has 0 saturated heterocycles. The average Bonchev–Trinajstić information content (AvgIpc) is 2.80. The van der Waals surface area contributed by atoms with Crippen LogP contribution in [0.1, 0.15) is 29.4 Å². The first-order valence-electron chi connectivity index (χ1n) is 6.21. The van der Waals surface area contributed by atoms with E-state index >= 15 is 0 Å². The van der Waals surface area contributed by atoms with E-state index in [2.05, 4.69) is 5.16 Å². The molecule has 0 aliphatic rings. The predicted octanol–water partition coefficient (Wildman–Crippen LogP) is 2.81. The van der Waals surface area contributed by atoms with Crippen molar-refractivity contribution in [3.05, 3.63) is 57.5 Å². The second-order valence-electron chi connectivity index (χ2n) is 4.51. The highest BCUT2D eigenvalue weighted by molar-refractivity contribution is 5.52. The van der Waals surface area contributed by atoms with Crippen LogP contribution in [0.5, 0.6) is 0 Å². The fourth-order valence-electron chi connectivity index (χ4n) is 2.18. The van der Waals surface area contributed by atoms with Gasteiger partial charge in [-0.05, 0) is 18.4 Å². The molecule has 1 atom stereocenters. The maximum atomic E-state index is 11.0. The third kappa shape index (κ3) is 2.90. The molecule has 0 saturated carbocycles. The Morgan fingerprint density at radius 1 is 1.40 bits per heavy atom. The molecule has 20 heavy (non-hydrogen) atoms. The monoisotopic (exact) mass is 274 g/mol. The normalized spacial score (nSPS) is 12.1. The van der Waals surface area contributed by atoms with Gasteiger partial charge in [-0.15, -0.1) is 0 Å². The zero-order chi connectivity index (χ0) is 14.5. The van der Waals surface area contributed by atoms with Crippen LogP contribution in [0.3, 0.4) is 0 Å². The number of hydrogen-bond donors (Lipinski definition) is 0. The summed E-state index contributed by atoms with van der Waals surface area (Å²) in [5, 5.41) is 14.7. The largest absolute Gasteiger partial charge is 0.354 e. The number of carbonyl (C=O) groups is 1. The lowest BCUT2D eigenvalue weighted by Gasteiger charge is -2.12. The molecule has 0 amide bonds. The number of aryl methyl sites for hydroxylation is 1. The second kappa shape index (κ2) is 6.10. The summed E-state index contributed by atoms with van der Waals surface area (Å²) in [5.41, 5.74) is 1.10. The first-order valence-corrected chi connectivity index (χ1v) is 6.21. The van der Waals surface area contributed by atoms with E-state index in [4.69, 9.17) is 4.52 Å². The minimum absolute atomic E-state index is 0.100. The fourth-order valence-corrected chi connectivity index (χ4v) is 2.18. The highest BCUT2D eigenvalue weighted by Crippen LogP contribution is 2.30. The summed E-state index contributed by atoms with van der Waals surface area (Å²) in [6.45, 7) is 1.53. The van der Waals surface area contributed by atoms with Gasteiger partial charge in [0.2, 0.25) is 5.76 Å². The van der Waals surface area contributed by atoms with E-state index < -0.39 is 4.92 Å². The summed E-state index contributed by atoms with van der Waals surface area (Å²) in [6, 6.07) is 9.40. The second-order valence-corrected chi connectivity index (χ2v) is 4.51. The molecule has 2 aromatic rings. The topological polar surface area (TPSA) is 86.2 Å². The van der Waals surface area contributed by atoms with Crippen molar-refractivity contribution in [1.29, 1.82) is 0 Å². The van der Waals surface area contributed by atoms with Crippen molar-refractivity contribution >= 4 is 12.0 Å². The number of rotatable bonds is 6. The molecular formula is C14H14N2O4. The van der Waals surface area contributed by atoms with Crippen LogP contribution in [0.15, 0.2) is 34.9 Å². The summed E-state index contributed by atoms with van der Waals surface area (Å²) in [5.74, 6) is 0.0583. The van der Waals surface area contributed by atoms with Gasteiger partial charge in [-0.3, -0.25) is 10.1 Å². The van der Waals surface area contributed by atoms with Gasteiger partial charge in [-0.2, -0.15) is 0 Å². The molecule has 1 aromatic heterocycles. The lowest BCUT2D eigenvalue weighted by atomic mass is 9.91. The molecule has 0 radical (unpaired) electrons. The number of aromatic nitrogens is 1. The quantitative estimate of drug-likeness (QED) is 0.459. The molecule has 0 bridgehead atoms. The number of aldehydes is 1. The van der Waals surface area contributed by atoms with Crippen molar-refractivity contribution in [3.8, 4) is 0 Å². The van der Waals surface area contributed by atoms with Crippen molar-refractivity contribution in [1.82, 2.24) is 5.16 Å². The van der Waals surface area contributed by atoms with E-state index in [9.17, 15) is 14.9 Å². The standard InChI is InChI=1S/C14H14N2O4/c1-10-14(16(18)19)13(20-15-10)9-12(7-8-17)11-5-3-2-4-6-11/h2-6,8,12H,7,9H2,1H3/t12-/m0/s1. The Bertz CT molecular complexity index is 607. The first-order chi connectivity index (χ1) is 9.63. The van der Waals surface area contributed by atoms with E-state index in [0.29, 0.717) is 0 Å². The van der Waals surface area contributed by atoms with Gasteiger partial charge in [0.25, 0.3) is 0 Å². The molecule has 0 fully saturated rings. The van der Waals surface area contributed by atoms with Crippen LogP contribution in [0.2, 0.25) is 0 Å². The molecule has 1 heterocycles. The summed E-state index contributed by atoms with van der Waals surface area (Å²) in [4.78, 5) is 21.3. The van der Waals surface area contributed by atoms with Gasteiger partial charge >= 0.3 is 5.69 Å². The SMILES string of the molecule is Cc1noc(C[C@H](CC=O)c2ccccc2)c1[N+](=O)[O-]. The van der Waals surface area contributed by atoms with Crippen LogP contribution < -0.4 is 0 Å². The third-order valence-corrected chi connectivity index (χ3v) is 3.17. The van der Waals surface area contributed by atoms with Gasteiger partial charge in [0.05, 0.1) is 4.92 Å². The van der Waals surface area contributed by atoms with Gasteiger partial charge < -0.3 is 9.32 Å². The van der Waals surface area contributed by atoms with Gasteiger partial charge in [0.15, 0.2) is 5.69 Å². The Labute approximate surface area is 115 Å². The van der Waals surface area contributed by atoms with Crippen molar-refractivity contribution in [3.63, 3.8) is 0 Å². The zero-order valence-electron chi connectivity index (χ0n) is 11.0. The average molecular weight is 274 g/mol. The molecule has 2 rings (SSSR count). The van der Waals surface area contributed by atoms with E-state index in [1.54, 1.807) is 0 Å². The van der Waals surface area contributed by atoms with E-state index in [-0.39, 0.29) is 35.9 Å². The van der Waals surface area contributed by atoms with E-state index in [1.807, 2.05) is 30.3 Å². The lowest BCUT2D eigenvalue weighted by Crippen LogP contribution is -2.05. The first kappa shape index (κ1) is 13.9. The maximum absolute atomic E-state index is 11.0. The molecule has 1 aromatic carbocycles. The van der Waals surface area contributed by atoms with Crippen LogP contribution in [-0.2, 0) is 11.2 Å². The number of hydrogen-bond acceptors (Lipinski definition) is 5. The number of carbonyl (C=O) groups excluding carboxylic acids is 1. The van der Waals surface area contributed by atoms with Gasteiger partial charge in [-0.25, -0.2) is 0 Å². The minimum Gasteiger partial charge on any atom is -0.354 e. The Balaban J connectivity index is 2.30. The third-order valence-electron chi connectivity index (χ3n) is 3.17. The Morgan fingerprint density at radius 2 is 2.10 bits per heavy atom. The minimum atomic E-state index is -0.496. The number of nitrogens with zero attached hydrogens (tertiary/aromatic N) is 2. The molecule has 6 nitrogen and oxygen atoms in total. The fraction of sp³-hybridized carbons (Fsp3) is 0.286. The molecule has 0 N–H and O–H groups in total. The van der Waals surface area contributed by atoms with Gasteiger partial charge in [-0.1, -0.05) is 35.5 Å². The summed E-state index contributed by atoms with van der Waals surface area (Å²) in [7, 11) is 0. The van der Waals surface area contributed by atoms with Crippen LogP contribution in [0.4, 0.5) is 5.69 Å². The van der Waals surface area contributed by atoms with E-state index in [1.165, 1.54) is 6.92 Å². The van der Waals surface area contributed by atoms with Crippen LogP contribution in [-0.4, -0.2) is 16.4 Å². The molecule has 0 aliphatic heterocycles. The van der Waals surface area contributed by atoms with Crippen molar-refractivity contribution in [2.75, 3.05) is 0 Å². The van der Waals surface area contributed by atoms with Gasteiger partial charge in [0.1, 0.15) is 6.29 Å². The summed E-state index contributed by atoms with van der Waals surface area (Å²) < 4.78 is 5.05. The van der Waals surface area contributed by atoms with Crippen molar-refractivity contribution < 1.29 is 14.2 Å². The molecule has 104 valence electrons. The number of nitro groups is 1. The molecule has 0 aliphatic carbocycles. The molecule has 0 spiro atoms. The molecule has 6 heteroatoms. The van der Waals surface area contributed by atoms with E-state index in [0.717, 1.165) is 11.8 Å². The molecular weight excluding hydrogens is 260 g/mol. The van der Waals surface area contributed by atoms with Crippen LogP contribution in [0, 0.1) is 17.0 Å². The summed E-state index contributed by atoms with van der Waals surface area (Å²) >= 11 is 0. The molecule has 0 unspecified atom stereocenters. The van der Waals surface area contributed by atoms with Crippen LogP contribution in [0.25, 0.3) is 0 Å². The van der Waals surface area contributed by atoms with Crippen LogP contribution >= 0.6 is 0 Å². The Hall–Kier alpha value is -2.50. The van der Waals surface area contributed by atoms with Crippen molar-refractivity contribution in [2.45, 2.75) is 25.7 Å². The predicted molar refractivity (Wildman–Crippen MR) is 71.5 cm³/mol. The Morgan fingerprint density at radius 3 is 2.70 bits per heavy atom.